The third-order valence-electron chi connectivity index (χ3n) is 3.94. The first-order valence-corrected chi connectivity index (χ1v) is 9.63. The van der Waals surface area contributed by atoms with E-state index in [4.69, 9.17) is 0 Å². The highest BCUT2D eigenvalue weighted by atomic mass is 32.2. The Morgan fingerprint density at radius 3 is 2.35 bits per heavy atom. The molecule has 6 heteroatoms. The molecule has 1 N–H and O–H groups in total. The van der Waals surface area contributed by atoms with Crippen molar-refractivity contribution in [2.45, 2.75) is 37.1 Å². The maximum atomic E-state index is 12.8. The topological polar surface area (TPSA) is 49.4 Å². The fraction of sp³-hybridized carbons (Fsp3) is 0.714. The lowest BCUT2D eigenvalue weighted by molar-refractivity contribution is 0.382. The van der Waals surface area contributed by atoms with Gasteiger partial charge in [-0.15, -0.1) is 11.3 Å². The minimum absolute atomic E-state index is 0.481. The van der Waals surface area contributed by atoms with Crippen LogP contribution in [0.25, 0.3) is 0 Å². The van der Waals surface area contributed by atoms with E-state index in [2.05, 4.69) is 5.32 Å². The summed E-state index contributed by atoms with van der Waals surface area (Å²) in [5.74, 6) is 1.19. The molecule has 0 amide bonds. The lowest BCUT2D eigenvalue weighted by Crippen LogP contribution is -2.34. The zero-order valence-corrected chi connectivity index (χ0v) is 13.5. The second-order valence-corrected chi connectivity index (χ2v) is 8.92. The first kappa shape index (κ1) is 14.5. The molecular weight excluding hydrogens is 292 g/mol. The van der Waals surface area contributed by atoms with Crippen molar-refractivity contribution in [2.75, 3.05) is 20.1 Å². The number of hydrogen-bond acceptors (Lipinski definition) is 4. The minimum Gasteiger partial charge on any atom is -0.315 e. The van der Waals surface area contributed by atoms with Gasteiger partial charge in [-0.2, -0.15) is 4.31 Å². The zero-order chi connectivity index (χ0) is 14.2. The smallest absolute Gasteiger partial charge is 0.243 e. The van der Waals surface area contributed by atoms with Gasteiger partial charge in [0, 0.05) is 29.9 Å². The van der Waals surface area contributed by atoms with Crippen molar-refractivity contribution in [3.05, 3.63) is 16.3 Å². The van der Waals surface area contributed by atoms with Gasteiger partial charge in [0.2, 0.25) is 10.0 Å². The Morgan fingerprint density at radius 1 is 1.25 bits per heavy atom. The molecule has 0 atom stereocenters. The van der Waals surface area contributed by atoms with Gasteiger partial charge in [0.1, 0.15) is 0 Å². The van der Waals surface area contributed by atoms with Crippen LogP contribution in [0, 0.1) is 11.8 Å². The molecule has 2 aliphatic rings. The average Bonchev–Trinajstić information content (AvgIpc) is 3.32. The first-order valence-electron chi connectivity index (χ1n) is 7.31. The summed E-state index contributed by atoms with van der Waals surface area (Å²) in [6.07, 6.45) is 4.74. The number of hydrogen-bond donors (Lipinski definition) is 1. The Morgan fingerprint density at radius 2 is 1.85 bits per heavy atom. The molecule has 0 spiro atoms. The van der Waals surface area contributed by atoms with Crippen LogP contribution in [0.1, 0.15) is 30.6 Å². The van der Waals surface area contributed by atoms with Crippen LogP contribution in [0.15, 0.2) is 16.3 Å². The van der Waals surface area contributed by atoms with Gasteiger partial charge in [-0.3, -0.25) is 0 Å². The van der Waals surface area contributed by atoms with Crippen molar-refractivity contribution in [2.24, 2.45) is 11.8 Å². The molecular formula is C14H22N2O2S2. The van der Waals surface area contributed by atoms with Crippen molar-refractivity contribution in [1.82, 2.24) is 9.62 Å². The van der Waals surface area contributed by atoms with Crippen LogP contribution < -0.4 is 5.32 Å². The van der Waals surface area contributed by atoms with E-state index >= 15 is 0 Å². The summed E-state index contributed by atoms with van der Waals surface area (Å²) in [4.78, 5) is 1.55. The molecule has 2 fully saturated rings. The predicted molar refractivity (Wildman–Crippen MR) is 81.3 cm³/mol. The van der Waals surface area contributed by atoms with E-state index in [0.29, 0.717) is 16.7 Å². The standard InChI is InChI=1S/C14H22N2O2S2/c1-15-7-13-6-14(10-19-13)20(17,18)16(8-11-2-3-11)9-12-4-5-12/h6,10-12,15H,2-5,7-9H2,1H3. The summed E-state index contributed by atoms with van der Waals surface area (Å²) in [5.41, 5.74) is 0. The molecule has 0 radical (unpaired) electrons. The number of rotatable bonds is 8. The molecule has 0 unspecified atom stereocenters. The Bertz CT molecular complexity index is 545. The van der Waals surface area contributed by atoms with Gasteiger partial charge in [0.25, 0.3) is 0 Å². The van der Waals surface area contributed by atoms with Crippen molar-refractivity contribution in [3.8, 4) is 0 Å². The third-order valence-corrected chi connectivity index (χ3v) is 6.83. The maximum Gasteiger partial charge on any atom is 0.243 e. The van der Waals surface area contributed by atoms with Gasteiger partial charge < -0.3 is 5.32 Å². The summed E-state index contributed by atoms with van der Waals surface area (Å²) < 4.78 is 27.3. The molecule has 0 aromatic carbocycles. The number of sulfonamides is 1. The quantitative estimate of drug-likeness (QED) is 0.801. The normalized spacial score (nSPS) is 19.7. The lowest BCUT2D eigenvalue weighted by Gasteiger charge is -2.21. The summed E-state index contributed by atoms with van der Waals surface area (Å²) in [7, 11) is -1.42. The number of thiophene rings is 1. The highest BCUT2D eigenvalue weighted by molar-refractivity contribution is 7.89. The molecule has 0 aliphatic heterocycles. The molecule has 20 heavy (non-hydrogen) atoms. The number of nitrogens with one attached hydrogen (secondary N) is 1. The van der Waals surface area contributed by atoms with Crippen molar-refractivity contribution in [1.29, 1.82) is 0 Å². The van der Waals surface area contributed by atoms with Gasteiger partial charge in [0.15, 0.2) is 0 Å². The molecule has 112 valence electrons. The molecule has 0 bridgehead atoms. The van der Waals surface area contributed by atoms with Crippen LogP contribution in [-0.4, -0.2) is 32.9 Å². The zero-order valence-electron chi connectivity index (χ0n) is 11.8. The van der Waals surface area contributed by atoms with Crippen LogP contribution in [0.3, 0.4) is 0 Å². The molecule has 3 rings (SSSR count). The van der Waals surface area contributed by atoms with Crippen LogP contribution in [0.2, 0.25) is 0 Å². The van der Waals surface area contributed by atoms with Gasteiger partial charge in [0.05, 0.1) is 4.90 Å². The molecule has 1 aromatic rings. The predicted octanol–water partition coefficient (Wildman–Crippen LogP) is 2.28. The van der Waals surface area contributed by atoms with Crippen LogP contribution in [0.4, 0.5) is 0 Å². The van der Waals surface area contributed by atoms with E-state index in [1.165, 1.54) is 37.0 Å². The van der Waals surface area contributed by atoms with E-state index < -0.39 is 10.0 Å². The first-order chi connectivity index (χ1) is 9.59. The lowest BCUT2D eigenvalue weighted by atomic mass is 10.4. The summed E-state index contributed by atoms with van der Waals surface area (Å²) in [6.45, 7) is 2.16. The Kier molecular flexibility index (Phi) is 4.17. The highest BCUT2D eigenvalue weighted by Gasteiger charge is 2.35. The van der Waals surface area contributed by atoms with E-state index in [9.17, 15) is 8.42 Å². The second kappa shape index (κ2) is 5.75. The Labute approximate surface area is 125 Å². The second-order valence-electron chi connectivity index (χ2n) is 5.99. The summed E-state index contributed by atoms with van der Waals surface area (Å²) >= 11 is 1.52. The fourth-order valence-electron chi connectivity index (χ4n) is 2.36. The largest absolute Gasteiger partial charge is 0.315 e. The highest BCUT2D eigenvalue weighted by Crippen LogP contribution is 2.36. The van der Waals surface area contributed by atoms with Crippen molar-refractivity contribution in [3.63, 3.8) is 0 Å². The van der Waals surface area contributed by atoms with E-state index in [1.807, 2.05) is 13.1 Å². The van der Waals surface area contributed by atoms with E-state index in [-0.39, 0.29) is 0 Å². The molecule has 2 saturated carbocycles. The Hall–Kier alpha value is -0.430. The molecule has 1 heterocycles. The molecule has 0 saturated heterocycles. The van der Waals surface area contributed by atoms with E-state index in [0.717, 1.165) is 24.5 Å². The summed E-state index contributed by atoms with van der Waals surface area (Å²) in [5, 5.41) is 4.85. The maximum absolute atomic E-state index is 12.8. The van der Waals surface area contributed by atoms with Crippen LogP contribution in [0.5, 0.6) is 0 Å². The van der Waals surface area contributed by atoms with E-state index in [1.54, 1.807) is 9.69 Å². The molecule has 4 nitrogen and oxygen atoms in total. The fourth-order valence-corrected chi connectivity index (χ4v) is 5.23. The SMILES string of the molecule is CNCc1cc(S(=O)(=O)N(CC2CC2)CC2CC2)cs1. The van der Waals surface area contributed by atoms with Crippen molar-refractivity contribution >= 4 is 21.4 Å². The molecule has 2 aliphatic carbocycles. The van der Waals surface area contributed by atoms with Gasteiger partial charge >= 0.3 is 0 Å². The van der Waals surface area contributed by atoms with Gasteiger partial charge in [-0.25, -0.2) is 8.42 Å². The van der Waals surface area contributed by atoms with Crippen LogP contribution in [-0.2, 0) is 16.6 Å². The van der Waals surface area contributed by atoms with Crippen molar-refractivity contribution < 1.29 is 8.42 Å². The molecule has 1 aromatic heterocycles. The number of nitrogens with zero attached hydrogens (tertiary/aromatic N) is 1. The summed E-state index contributed by atoms with van der Waals surface area (Å²) in [6, 6.07) is 1.82. The third kappa shape index (κ3) is 3.42. The van der Waals surface area contributed by atoms with Crippen LogP contribution >= 0.6 is 11.3 Å². The van der Waals surface area contributed by atoms with Gasteiger partial charge in [-0.05, 0) is 50.6 Å². The average molecular weight is 314 g/mol. The van der Waals surface area contributed by atoms with Gasteiger partial charge in [-0.1, -0.05) is 0 Å². The minimum atomic E-state index is -3.29. The monoisotopic (exact) mass is 314 g/mol. The Balaban J connectivity index is 1.77.